The summed E-state index contributed by atoms with van der Waals surface area (Å²) < 4.78 is 4.89. The molecule has 0 unspecified atom stereocenters. The van der Waals surface area contributed by atoms with Crippen LogP contribution in [0.3, 0.4) is 0 Å². The summed E-state index contributed by atoms with van der Waals surface area (Å²) in [6, 6.07) is 4.18. The number of primary amides is 1. The van der Waals surface area contributed by atoms with Crippen molar-refractivity contribution in [2.24, 2.45) is 5.73 Å². The molecule has 0 aliphatic carbocycles. The van der Waals surface area contributed by atoms with Crippen molar-refractivity contribution in [2.45, 2.75) is 0 Å². The van der Waals surface area contributed by atoms with E-state index in [0.717, 1.165) is 0 Å². The minimum absolute atomic E-state index is 0.201. The van der Waals surface area contributed by atoms with Crippen LogP contribution in [0.15, 0.2) is 30.0 Å². The van der Waals surface area contributed by atoms with E-state index in [4.69, 9.17) is 15.6 Å². The number of amides is 1. The van der Waals surface area contributed by atoms with E-state index >= 15 is 0 Å². The fourth-order valence-corrected chi connectivity index (χ4v) is 1.44. The number of hydrogen-bond acceptors (Lipinski definition) is 5. The van der Waals surface area contributed by atoms with Crippen LogP contribution < -0.4 is 15.8 Å². The first-order valence-electron chi connectivity index (χ1n) is 4.85. The van der Waals surface area contributed by atoms with E-state index in [9.17, 15) is 14.4 Å². The van der Waals surface area contributed by atoms with Gasteiger partial charge in [0.15, 0.2) is 5.75 Å². The highest BCUT2D eigenvalue weighted by molar-refractivity contribution is 6.03. The number of benzene rings is 1. The maximum absolute atomic E-state index is 11.4. The normalized spacial score (nSPS) is 15.6. The maximum atomic E-state index is 11.4. The van der Waals surface area contributed by atoms with Crippen molar-refractivity contribution in [3.8, 4) is 5.75 Å². The molecule has 0 saturated heterocycles. The van der Waals surface area contributed by atoms with Crippen LogP contribution in [-0.2, 0) is 9.59 Å². The summed E-state index contributed by atoms with van der Waals surface area (Å²) in [6.45, 7) is 0. The number of rotatable bonds is 2. The van der Waals surface area contributed by atoms with Gasteiger partial charge in [0.05, 0.1) is 11.8 Å². The van der Waals surface area contributed by atoms with Crippen molar-refractivity contribution in [1.82, 2.24) is 0 Å². The Morgan fingerprint density at radius 2 is 2.11 bits per heavy atom. The summed E-state index contributed by atoms with van der Waals surface area (Å²) >= 11 is 0. The molecular formula is C11H8N2O5. The number of hydrogen-bond donors (Lipinski definition) is 3. The highest BCUT2D eigenvalue weighted by Gasteiger charge is 2.23. The summed E-state index contributed by atoms with van der Waals surface area (Å²) in [5.74, 6) is -2.53. The van der Waals surface area contributed by atoms with Gasteiger partial charge in [-0.3, -0.25) is 4.79 Å². The van der Waals surface area contributed by atoms with E-state index < -0.39 is 17.8 Å². The second-order valence-electron chi connectivity index (χ2n) is 3.49. The van der Waals surface area contributed by atoms with Gasteiger partial charge in [-0.25, -0.2) is 9.59 Å². The smallest absolute Gasteiger partial charge is 0.360 e. The molecule has 0 bridgehead atoms. The molecule has 0 fully saturated rings. The SMILES string of the molecule is NC(=O)c1ccc2c(c1)N/C(=C\C(=O)O)C(=O)O2. The van der Waals surface area contributed by atoms with Gasteiger partial charge in [-0.15, -0.1) is 0 Å². The molecule has 1 heterocycles. The molecule has 1 aliphatic rings. The third-order valence-corrected chi connectivity index (χ3v) is 2.22. The van der Waals surface area contributed by atoms with Crippen LogP contribution >= 0.6 is 0 Å². The molecule has 1 aliphatic heterocycles. The number of nitrogens with two attached hydrogens (primary N) is 1. The second kappa shape index (κ2) is 4.21. The zero-order valence-electron chi connectivity index (χ0n) is 8.97. The van der Waals surface area contributed by atoms with E-state index in [1.54, 1.807) is 0 Å². The molecular weight excluding hydrogens is 240 g/mol. The lowest BCUT2D eigenvalue weighted by Gasteiger charge is -2.19. The van der Waals surface area contributed by atoms with Crippen molar-refractivity contribution < 1.29 is 24.2 Å². The molecule has 4 N–H and O–H groups in total. The number of carboxylic acids is 1. The minimum atomic E-state index is -1.29. The Morgan fingerprint density at radius 1 is 1.39 bits per heavy atom. The molecule has 2 rings (SSSR count). The van der Waals surface area contributed by atoms with E-state index in [2.05, 4.69) is 5.32 Å². The predicted molar refractivity (Wildman–Crippen MR) is 59.9 cm³/mol. The van der Waals surface area contributed by atoms with E-state index in [1.807, 2.05) is 0 Å². The predicted octanol–water partition coefficient (Wildman–Crippen LogP) is 0.0849. The zero-order chi connectivity index (χ0) is 13.3. The standard InChI is InChI=1S/C11H8N2O5/c12-10(16)5-1-2-8-6(3-5)13-7(4-9(14)15)11(17)18-8/h1-4,13H,(H2,12,16)(H,14,15)/b7-4-. The van der Waals surface area contributed by atoms with E-state index in [1.165, 1.54) is 18.2 Å². The summed E-state index contributed by atoms with van der Waals surface area (Å²) in [7, 11) is 0. The Bertz CT molecular complexity index is 591. The highest BCUT2D eigenvalue weighted by atomic mass is 16.5. The van der Waals surface area contributed by atoms with E-state index in [-0.39, 0.29) is 17.0 Å². The zero-order valence-corrected chi connectivity index (χ0v) is 8.97. The lowest BCUT2D eigenvalue weighted by molar-refractivity contribution is -0.133. The van der Waals surface area contributed by atoms with Gasteiger partial charge in [0.1, 0.15) is 5.70 Å². The maximum Gasteiger partial charge on any atom is 0.360 e. The molecule has 92 valence electrons. The van der Waals surface area contributed by atoms with Gasteiger partial charge in [0.25, 0.3) is 0 Å². The second-order valence-corrected chi connectivity index (χ2v) is 3.49. The molecule has 7 heteroatoms. The summed E-state index contributed by atoms with van der Waals surface area (Å²) in [6.07, 6.45) is 0.683. The summed E-state index contributed by atoms with van der Waals surface area (Å²) in [4.78, 5) is 32.9. The monoisotopic (exact) mass is 248 g/mol. The van der Waals surface area contributed by atoms with Crippen LogP contribution in [-0.4, -0.2) is 23.0 Å². The van der Waals surface area contributed by atoms with Crippen LogP contribution in [0.2, 0.25) is 0 Å². The molecule has 0 radical (unpaired) electrons. The number of esters is 1. The van der Waals surface area contributed by atoms with Gasteiger partial charge in [-0.05, 0) is 18.2 Å². The number of carbonyl (C=O) groups excluding carboxylic acids is 2. The molecule has 0 spiro atoms. The molecule has 0 saturated carbocycles. The topological polar surface area (TPSA) is 119 Å². The molecule has 18 heavy (non-hydrogen) atoms. The van der Waals surface area contributed by atoms with Crippen LogP contribution in [0.4, 0.5) is 5.69 Å². The molecule has 0 atom stereocenters. The Labute approximate surface area is 101 Å². The summed E-state index contributed by atoms with van der Waals surface area (Å²) in [5.41, 5.74) is 5.40. The molecule has 7 nitrogen and oxygen atoms in total. The molecule has 1 aromatic carbocycles. The van der Waals surface area contributed by atoms with Crippen LogP contribution in [0.1, 0.15) is 10.4 Å². The fraction of sp³-hybridized carbons (Fsp3) is 0. The number of ether oxygens (including phenoxy) is 1. The van der Waals surface area contributed by atoms with Gasteiger partial charge < -0.3 is 20.9 Å². The Hall–Kier alpha value is -2.83. The third kappa shape index (κ3) is 2.14. The average molecular weight is 248 g/mol. The quantitative estimate of drug-likeness (QED) is 0.387. The first-order chi connectivity index (χ1) is 8.47. The lowest BCUT2D eigenvalue weighted by Crippen LogP contribution is -2.24. The van der Waals surface area contributed by atoms with Gasteiger partial charge in [-0.2, -0.15) is 0 Å². The van der Waals surface area contributed by atoms with Gasteiger partial charge in [-0.1, -0.05) is 0 Å². The van der Waals surface area contributed by atoms with Gasteiger partial charge in [0.2, 0.25) is 5.91 Å². The minimum Gasteiger partial charge on any atom is -0.478 e. The van der Waals surface area contributed by atoms with Gasteiger partial charge >= 0.3 is 11.9 Å². The fourth-order valence-electron chi connectivity index (χ4n) is 1.44. The van der Waals surface area contributed by atoms with E-state index in [0.29, 0.717) is 11.8 Å². The Morgan fingerprint density at radius 3 is 2.72 bits per heavy atom. The number of carboxylic acid groups (broad SMARTS) is 1. The largest absolute Gasteiger partial charge is 0.478 e. The molecule has 0 aromatic heterocycles. The van der Waals surface area contributed by atoms with Crippen LogP contribution in [0.25, 0.3) is 0 Å². The molecule has 1 aromatic rings. The highest BCUT2D eigenvalue weighted by Crippen LogP contribution is 2.31. The number of carbonyl (C=O) groups is 3. The Kier molecular flexibility index (Phi) is 2.72. The lowest BCUT2D eigenvalue weighted by atomic mass is 10.1. The number of anilines is 1. The first-order valence-corrected chi connectivity index (χ1v) is 4.85. The molecule has 1 amide bonds. The number of nitrogens with one attached hydrogen (secondary N) is 1. The summed E-state index contributed by atoms with van der Waals surface area (Å²) in [5, 5.41) is 11.1. The first kappa shape index (κ1) is 11.6. The van der Waals surface area contributed by atoms with Crippen LogP contribution in [0, 0.1) is 0 Å². The van der Waals surface area contributed by atoms with Crippen molar-refractivity contribution in [1.29, 1.82) is 0 Å². The van der Waals surface area contributed by atoms with Crippen molar-refractivity contribution >= 4 is 23.5 Å². The Balaban J connectivity index is 2.42. The third-order valence-electron chi connectivity index (χ3n) is 2.22. The van der Waals surface area contributed by atoms with Crippen molar-refractivity contribution in [3.05, 3.63) is 35.5 Å². The number of aliphatic carboxylic acids is 1. The average Bonchev–Trinajstić information content (AvgIpc) is 2.28. The van der Waals surface area contributed by atoms with Gasteiger partial charge in [0, 0.05) is 5.56 Å². The number of fused-ring (bicyclic) bond motifs is 1. The van der Waals surface area contributed by atoms with Crippen molar-refractivity contribution in [2.75, 3.05) is 5.32 Å². The van der Waals surface area contributed by atoms with Crippen molar-refractivity contribution in [3.63, 3.8) is 0 Å². The van der Waals surface area contributed by atoms with Crippen LogP contribution in [0.5, 0.6) is 5.75 Å².